The molecule has 1 aromatic heterocycles. The lowest BCUT2D eigenvalue weighted by molar-refractivity contribution is 0.312. The Hall–Kier alpha value is -0.450. The number of nitrogens with zero attached hydrogens (tertiary/aromatic N) is 2. The van der Waals surface area contributed by atoms with Crippen LogP contribution in [0.5, 0.6) is 0 Å². The minimum absolute atomic E-state index is 0.862. The van der Waals surface area contributed by atoms with Crippen molar-refractivity contribution in [2.24, 2.45) is 5.92 Å². The van der Waals surface area contributed by atoms with Crippen LogP contribution in [0.15, 0.2) is 11.6 Å². The van der Waals surface area contributed by atoms with Gasteiger partial charge in [-0.2, -0.15) is 0 Å². The first-order valence-corrected chi connectivity index (χ1v) is 7.13. The smallest absolute Gasteiger partial charge is 0.106 e. The molecule has 1 aliphatic carbocycles. The van der Waals surface area contributed by atoms with Gasteiger partial charge in [0.2, 0.25) is 0 Å². The molecule has 1 saturated heterocycles. The van der Waals surface area contributed by atoms with E-state index < -0.39 is 0 Å². The lowest BCUT2D eigenvalue weighted by Gasteiger charge is -2.14. The highest BCUT2D eigenvalue weighted by atomic mass is 32.1. The molecule has 0 aromatic carbocycles. The predicted molar refractivity (Wildman–Crippen MR) is 66.5 cm³/mol. The van der Waals surface area contributed by atoms with E-state index in [2.05, 4.69) is 15.2 Å². The molecule has 3 rings (SSSR count). The molecule has 0 bridgehead atoms. The van der Waals surface area contributed by atoms with Crippen molar-refractivity contribution in [3.63, 3.8) is 0 Å². The van der Waals surface area contributed by atoms with Gasteiger partial charge in [-0.05, 0) is 38.3 Å². The monoisotopic (exact) mass is 237 g/mol. The molecule has 1 aliphatic heterocycles. The van der Waals surface area contributed by atoms with Gasteiger partial charge < -0.3 is 10.2 Å². The highest BCUT2D eigenvalue weighted by Gasteiger charge is 2.33. The zero-order valence-electron chi connectivity index (χ0n) is 9.56. The third-order valence-electron chi connectivity index (χ3n) is 3.57. The van der Waals surface area contributed by atoms with Crippen LogP contribution in [-0.2, 0) is 6.54 Å². The van der Waals surface area contributed by atoms with E-state index in [4.69, 9.17) is 0 Å². The average Bonchev–Trinajstić information content (AvgIpc) is 2.83. The molecule has 4 heteroatoms. The number of thiazole rings is 1. The molecule has 1 aromatic rings. The summed E-state index contributed by atoms with van der Waals surface area (Å²) < 4.78 is 0. The Morgan fingerprint density at radius 1 is 1.44 bits per heavy atom. The molecule has 3 nitrogen and oxygen atoms in total. The summed E-state index contributed by atoms with van der Waals surface area (Å²) >= 11 is 1.74. The van der Waals surface area contributed by atoms with Crippen molar-refractivity contribution >= 4 is 11.3 Å². The third-order valence-corrected chi connectivity index (χ3v) is 4.35. The van der Waals surface area contributed by atoms with Gasteiger partial charge in [0.25, 0.3) is 0 Å². The van der Waals surface area contributed by atoms with E-state index in [0.29, 0.717) is 0 Å². The Labute approximate surface area is 101 Å². The molecular formula is C12H19N3S. The Morgan fingerprint density at radius 2 is 2.38 bits per heavy atom. The van der Waals surface area contributed by atoms with Crippen LogP contribution < -0.4 is 5.32 Å². The maximum absolute atomic E-state index is 4.28. The van der Waals surface area contributed by atoms with Crippen molar-refractivity contribution in [3.8, 4) is 0 Å². The van der Waals surface area contributed by atoms with Gasteiger partial charge in [0.05, 0.1) is 0 Å². The molecular weight excluding hydrogens is 218 g/mol. The Balaban J connectivity index is 1.36. The summed E-state index contributed by atoms with van der Waals surface area (Å²) in [6, 6.07) is 0.948. The summed E-state index contributed by atoms with van der Waals surface area (Å²) in [6.07, 6.45) is 6.14. The van der Waals surface area contributed by atoms with Crippen LogP contribution in [-0.4, -0.2) is 35.6 Å². The summed E-state index contributed by atoms with van der Waals surface area (Å²) in [5, 5.41) is 6.78. The molecule has 1 unspecified atom stereocenters. The van der Waals surface area contributed by atoms with Gasteiger partial charge in [-0.25, -0.2) is 4.98 Å². The van der Waals surface area contributed by atoms with Gasteiger partial charge in [0.1, 0.15) is 5.01 Å². The fourth-order valence-electron chi connectivity index (χ4n) is 2.52. The number of hydrogen-bond acceptors (Lipinski definition) is 4. The largest absolute Gasteiger partial charge is 0.310 e. The van der Waals surface area contributed by atoms with Crippen LogP contribution in [0.1, 0.15) is 24.3 Å². The Kier molecular flexibility index (Phi) is 3.22. The van der Waals surface area contributed by atoms with Crippen LogP contribution >= 0.6 is 11.3 Å². The van der Waals surface area contributed by atoms with Crippen LogP contribution in [0, 0.1) is 5.92 Å². The summed E-state index contributed by atoms with van der Waals surface area (Å²) in [4.78, 5) is 6.96. The van der Waals surface area contributed by atoms with Gasteiger partial charge in [-0.15, -0.1) is 11.3 Å². The van der Waals surface area contributed by atoms with E-state index in [-0.39, 0.29) is 0 Å². The predicted octanol–water partition coefficient (Wildman–Crippen LogP) is 1.72. The molecule has 2 heterocycles. The summed E-state index contributed by atoms with van der Waals surface area (Å²) in [5.41, 5.74) is 0. The first kappa shape index (κ1) is 10.7. The van der Waals surface area contributed by atoms with Crippen LogP contribution in [0.25, 0.3) is 0 Å². The molecule has 16 heavy (non-hydrogen) atoms. The SMILES string of the molecule is c1csc(CNCC2CCN(C3CC3)C2)n1. The van der Waals surface area contributed by atoms with Gasteiger partial charge in [0, 0.05) is 30.7 Å². The summed E-state index contributed by atoms with van der Waals surface area (Å²) in [7, 11) is 0. The first-order valence-electron chi connectivity index (χ1n) is 6.25. The second-order valence-corrected chi connectivity index (χ2v) is 5.92. The van der Waals surface area contributed by atoms with E-state index in [1.807, 2.05) is 11.6 Å². The maximum Gasteiger partial charge on any atom is 0.106 e. The number of likely N-dealkylation sites (tertiary alicyclic amines) is 1. The quantitative estimate of drug-likeness (QED) is 0.845. The van der Waals surface area contributed by atoms with E-state index >= 15 is 0 Å². The number of hydrogen-bond donors (Lipinski definition) is 1. The minimum atomic E-state index is 0.862. The van der Waals surface area contributed by atoms with Crippen molar-refractivity contribution in [3.05, 3.63) is 16.6 Å². The normalized spacial score (nSPS) is 26.4. The van der Waals surface area contributed by atoms with Crippen molar-refractivity contribution < 1.29 is 0 Å². The third kappa shape index (κ3) is 2.62. The zero-order chi connectivity index (χ0) is 10.8. The summed E-state index contributed by atoms with van der Waals surface area (Å²) in [6.45, 7) is 4.74. The second-order valence-electron chi connectivity index (χ2n) is 4.94. The van der Waals surface area contributed by atoms with Crippen LogP contribution in [0.2, 0.25) is 0 Å². The highest BCUT2D eigenvalue weighted by Crippen LogP contribution is 2.31. The van der Waals surface area contributed by atoms with Crippen LogP contribution in [0.4, 0.5) is 0 Å². The van der Waals surface area contributed by atoms with Gasteiger partial charge in [-0.3, -0.25) is 0 Å². The number of rotatable bonds is 5. The molecule has 1 saturated carbocycles. The van der Waals surface area contributed by atoms with Crippen molar-refractivity contribution in [1.82, 2.24) is 15.2 Å². The Bertz CT molecular complexity index is 321. The maximum atomic E-state index is 4.28. The zero-order valence-corrected chi connectivity index (χ0v) is 10.4. The molecule has 0 amide bonds. The Morgan fingerprint density at radius 3 is 3.12 bits per heavy atom. The van der Waals surface area contributed by atoms with Crippen molar-refractivity contribution in [1.29, 1.82) is 0 Å². The fourth-order valence-corrected chi connectivity index (χ4v) is 3.11. The molecule has 88 valence electrons. The van der Waals surface area contributed by atoms with E-state index in [0.717, 1.165) is 25.0 Å². The van der Waals surface area contributed by atoms with Gasteiger partial charge in [0.15, 0.2) is 0 Å². The molecule has 1 atom stereocenters. The molecule has 0 spiro atoms. The lowest BCUT2D eigenvalue weighted by Crippen LogP contribution is -2.27. The van der Waals surface area contributed by atoms with Gasteiger partial charge in [-0.1, -0.05) is 0 Å². The second kappa shape index (κ2) is 4.82. The van der Waals surface area contributed by atoms with Gasteiger partial charge >= 0.3 is 0 Å². The molecule has 0 radical (unpaired) electrons. The highest BCUT2D eigenvalue weighted by molar-refractivity contribution is 7.09. The van der Waals surface area contributed by atoms with E-state index in [1.54, 1.807) is 11.3 Å². The average molecular weight is 237 g/mol. The van der Waals surface area contributed by atoms with Crippen LogP contribution in [0.3, 0.4) is 0 Å². The molecule has 2 aliphatic rings. The van der Waals surface area contributed by atoms with Crippen molar-refractivity contribution in [2.75, 3.05) is 19.6 Å². The number of nitrogens with one attached hydrogen (secondary N) is 1. The van der Waals surface area contributed by atoms with Crippen molar-refractivity contribution in [2.45, 2.75) is 31.8 Å². The topological polar surface area (TPSA) is 28.2 Å². The standard InChI is InChI=1S/C12H19N3S/c1-2-11(1)15-5-3-10(9-15)7-13-8-12-14-4-6-16-12/h4,6,10-11,13H,1-3,5,7-9H2. The molecule has 2 fully saturated rings. The molecule has 1 N–H and O–H groups in total. The first-order chi connectivity index (χ1) is 7.92. The van der Waals surface area contributed by atoms with E-state index in [1.165, 1.54) is 37.4 Å². The number of aromatic nitrogens is 1. The lowest BCUT2D eigenvalue weighted by atomic mass is 10.1. The van der Waals surface area contributed by atoms with E-state index in [9.17, 15) is 0 Å². The summed E-state index contributed by atoms with van der Waals surface area (Å²) in [5.74, 6) is 0.862. The fraction of sp³-hybridized carbons (Fsp3) is 0.750. The minimum Gasteiger partial charge on any atom is -0.310 e.